The molecule has 3 heteroatoms. The van der Waals surface area contributed by atoms with Crippen molar-refractivity contribution in [1.29, 1.82) is 0 Å². The molecule has 0 bridgehead atoms. The predicted octanol–water partition coefficient (Wildman–Crippen LogP) is 3.02. The minimum Gasteiger partial charge on any atom is -0.481 e. The van der Waals surface area contributed by atoms with Crippen molar-refractivity contribution in [3.05, 3.63) is 34.3 Å². The third kappa shape index (κ3) is 1.30. The molecule has 0 amide bonds. The maximum atomic E-state index is 11.0. The third-order valence-electron chi connectivity index (χ3n) is 2.84. The van der Waals surface area contributed by atoms with Crippen LogP contribution in [0.1, 0.15) is 36.3 Å². The summed E-state index contributed by atoms with van der Waals surface area (Å²) in [6.07, 6.45) is 0.661. The average molecular weight is 211 g/mol. The molecular formula is C11H11ClO2. The second-order valence-electron chi connectivity index (χ2n) is 3.77. The fourth-order valence-electron chi connectivity index (χ4n) is 2.21. The molecular weight excluding hydrogens is 200 g/mol. The van der Waals surface area contributed by atoms with E-state index in [9.17, 15) is 4.79 Å². The van der Waals surface area contributed by atoms with Crippen molar-refractivity contribution in [1.82, 2.24) is 0 Å². The summed E-state index contributed by atoms with van der Waals surface area (Å²) in [4.78, 5) is 11.0. The number of carbonyl (C=O) groups is 1. The van der Waals surface area contributed by atoms with Crippen molar-refractivity contribution >= 4 is 17.6 Å². The number of carboxylic acid groups (broad SMARTS) is 1. The first-order valence-corrected chi connectivity index (χ1v) is 5.00. The van der Waals surface area contributed by atoms with Crippen molar-refractivity contribution in [2.45, 2.75) is 25.2 Å². The average Bonchev–Trinajstić information content (AvgIpc) is 2.45. The molecule has 0 aliphatic heterocycles. The highest BCUT2D eigenvalue weighted by Gasteiger charge is 2.34. The summed E-state index contributed by atoms with van der Waals surface area (Å²) in [6, 6.07) is 5.50. The molecule has 1 aromatic rings. The van der Waals surface area contributed by atoms with Crippen LogP contribution in [0.15, 0.2) is 18.2 Å². The van der Waals surface area contributed by atoms with Crippen LogP contribution in [0.3, 0.4) is 0 Å². The van der Waals surface area contributed by atoms with Gasteiger partial charge in [-0.15, -0.1) is 0 Å². The van der Waals surface area contributed by atoms with Gasteiger partial charge in [0.05, 0.1) is 5.92 Å². The summed E-state index contributed by atoms with van der Waals surface area (Å²) < 4.78 is 0. The van der Waals surface area contributed by atoms with Gasteiger partial charge in [-0.1, -0.05) is 30.7 Å². The Morgan fingerprint density at radius 3 is 2.93 bits per heavy atom. The van der Waals surface area contributed by atoms with Crippen LogP contribution >= 0.6 is 11.6 Å². The smallest absolute Gasteiger partial charge is 0.311 e. The zero-order chi connectivity index (χ0) is 10.3. The molecule has 74 valence electrons. The Balaban J connectivity index is 2.55. The van der Waals surface area contributed by atoms with E-state index in [1.807, 2.05) is 25.1 Å². The topological polar surface area (TPSA) is 37.3 Å². The van der Waals surface area contributed by atoms with Crippen LogP contribution in [-0.2, 0) is 4.79 Å². The van der Waals surface area contributed by atoms with Crippen molar-refractivity contribution in [3.63, 3.8) is 0 Å². The van der Waals surface area contributed by atoms with E-state index >= 15 is 0 Å². The molecule has 0 fully saturated rings. The summed E-state index contributed by atoms with van der Waals surface area (Å²) in [5, 5.41) is 9.72. The second kappa shape index (κ2) is 3.28. The summed E-state index contributed by atoms with van der Waals surface area (Å²) in [6.45, 7) is 2.02. The van der Waals surface area contributed by atoms with Gasteiger partial charge in [0.25, 0.3) is 0 Å². The van der Waals surface area contributed by atoms with E-state index < -0.39 is 5.97 Å². The van der Waals surface area contributed by atoms with Crippen molar-refractivity contribution in [2.24, 2.45) is 0 Å². The molecule has 2 rings (SSSR count). The van der Waals surface area contributed by atoms with Crippen molar-refractivity contribution < 1.29 is 9.90 Å². The van der Waals surface area contributed by atoms with Gasteiger partial charge in [-0.05, 0) is 29.5 Å². The lowest BCUT2D eigenvalue weighted by molar-refractivity contribution is -0.138. The molecule has 1 N–H and O–H groups in total. The van der Waals surface area contributed by atoms with Crippen LogP contribution in [0.25, 0.3) is 0 Å². The van der Waals surface area contributed by atoms with Gasteiger partial charge in [0.1, 0.15) is 0 Å². The highest BCUT2D eigenvalue weighted by molar-refractivity contribution is 6.31. The number of carboxylic acids is 1. The van der Waals surface area contributed by atoms with Gasteiger partial charge in [0, 0.05) is 5.02 Å². The number of hydrogen-bond donors (Lipinski definition) is 1. The number of rotatable bonds is 1. The Labute approximate surface area is 87.5 Å². The van der Waals surface area contributed by atoms with Gasteiger partial charge in [-0.25, -0.2) is 0 Å². The molecule has 14 heavy (non-hydrogen) atoms. The number of aliphatic carboxylic acids is 1. The van der Waals surface area contributed by atoms with E-state index in [1.165, 1.54) is 0 Å². The Morgan fingerprint density at radius 1 is 1.57 bits per heavy atom. The van der Waals surface area contributed by atoms with E-state index in [-0.39, 0.29) is 11.8 Å². The van der Waals surface area contributed by atoms with Crippen LogP contribution in [0.4, 0.5) is 0 Å². The molecule has 1 aliphatic carbocycles. The lowest BCUT2D eigenvalue weighted by atomic mass is 10.0. The monoisotopic (exact) mass is 210 g/mol. The van der Waals surface area contributed by atoms with E-state index in [0.717, 1.165) is 11.1 Å². The van der Waals surface area contributed by atoms with Crippen molar-refractivity contribution in [3.8, 4) is 0 Å². The Hall–Kier alpha value is -1.02. The predicted molar refractivity (Wildman–Crippen MR) is 54.9 cm³/mol. The summed E-state index contributed by atoms with van der Waals surface area (Å²) in [5.74, 6) is -0.878. The minimum atomic E-state index is -0.752. The Kier molecular flexibility index (Phi) is 2.23. The minimum absolute atomic E-state index is 0.250. The van der Waals surface area contributed by atoms with Crippen LogP contribution in [0, 0.1) is 0 Å². The highest BCUT2D eigenvalue weighted by atomic mass is 35.5. The molecule has 2 unspecified atom stereocenters. The first kappa shape index (κ1) is 9.53. The number of benzene rings is 1. The Bertz CT molecular complexity index is 387. The molecule has 2 atom stereocenters. The third-order valence-corrected chi connectivity index (χ3v) is 3.17. The molecule has 0 radical (unpaired) electrons. The van der Waals surface area contributed by atoms with Gasteiger partial charge in [-0.2, -0.15) is 0 Å². The zero-order valence-corrected chi connectivity index (χ0v) is 8.58. The molecule has 1 aliphatic rings. The standard InChI is InChI=1S/C11H11ClO2/c1-6-5-8(11(13)14)7-3-2-4-9(12)10(6)7/h2-4,6,8H,5H2,1H3,(H,13,14). The summed E-state index contributed by atoms with van der Waals surface area (Å²) in [7, 11) is 0. The van der Waals surface area contributed by atoms with Gasteiger partial charge < -0.3 is 5.11 Å². The molecule has 0 heterocycles. The van der Waals surface area contributed by atoms with Crippen LogP contribution in [0.5, 0.6) is 0 Å². The van der Waals surface area contributed by atoms with Crippen LogP contribution in [-0.4, -0.2) is 11.1 Å². The molecule has 0 aromatic heterocycles. The summed E-state index contributed by atoms with van der Waals surface area (Å²) in [5.41, 5.74) is 1.90. The van der Waals surface area contributed by atoms with E-state index in [4.69, 9.17) is 16.7 Å². The molecule has 0 spiro atoms. The normalized spacial score (nSPS) is 24.7. The second-order valence-corrected chi connectivity index (χ2v) is 4.18. The van der Waals surface area contributed by atoms with Gasteiger partial charge >= 0.3 is 5.97 Å². The molecule has 0 saturated carbocycles. The largest absolute Gasteiger partial charge is 0.481 e. The van der Waals surface area contributed by atoms with E-state index in [0.29, 0.717) is 11.4 Å². The lowest BCUT2D eigenvalue weighted by Gasteiger charge is -2.06. The fraction of sp³-hybridized carbons (Fsp3) is 0.364. The fourth-order valence-corrected chi connectivity index (χ4v) is 2.58. The molecule has 2 nitrogen and oxygen atoms in total. The molecule has 1 aromatic carbocycles. The zero-order valence-electron chi connectivity index (χ0n) is 7.83. The van der Waals surface area contributed by atoms with Crippen LogP contribution < -0.4 is 0 Å². The maximum Gasteiger partial charge on any atom is 0.311 e. The maximum absolute atomic E-state index is 11.0. The number of fused-ring (bicyclic) bond motifs is 1. The lowest BCUT2D eigenvalue weighted by Crippen LogP contribution is -2.07. The number of halogens is 1. The summed E-state index contributed by atoms with van der Waals surface area (Å²) >= 11 is 6.04. The first-order chi connectivity index (χ1) is 6.61. The van der Waals surface area contributed by atoms with Crippen molar-refractivity contribution in [2.75, 3.05) is 0 Å². The van der Waals surface area contributed by atoms with E-state index in [2.05, 4.69) is 0 Å². The highest BCUT2D eigenvalue weighted by Crippen LogP contribution is 2.44. The van der Waals surface area contributed by atoms with Gasteiger partial charge in [0.2, 0.25) is 0 Å². The SMILES string of the molecule is CC1CC(C(=O)O)c2cccc(Cl)c21. The Morgan fingerprint density at radius 2 is 2.29 bits per heavy atom. The van der Waals surface area contributed by atoms with E-state index in [1.54, 1.807) is 0 Å². The van der Waals surface area contributed by atoms with Crippen LogP contribution in [0.2, 0.25) is 5.02 Å². The van der Waals surface area contributed by atoms with Gasteiger partial charge in [-0.3, -0.25) is 4.79 Å². The quantitative estimate of drug-likeness (QED) is 0.774. The molecule has 0 saturated heterocycles. The first-order valence-electron chi connectivity index (χ1n) is 4.62. The number of hydrogen-bond acceptors (Lipinski definition) is 1. The van der Waals surface area contributed by atoms with Gasteiger partial charge in [0.15, 0.2) is 0 Å².